The van der Waals surface area contributed by atoms with Crippen LogP contribution in [0.1, 0.15) is 34.9 Å². The fourth-order valence-electron chi connectivity index (χ4n) is 13.7. The van der Waals surface area contributed by atoms with E-state index in [9.17, 15) is 86.0 Å². The number of phosphoric ester groups is 5. The van der Waals surface area contributed by atoms with Crippen LogP contribution >= 0.6 is 39.1 Å². The van der Waals surface area contributed by atoms with Crippen LogP contribution in [0.2, 0.25) is 0 Å². The number of imidazole rings is 5. The third-order valence-corrected chi connectivity index (χ3v) is 24.8. The largest absolute Gasteiger partial charge is 0.485 e. The van der Waals surface area contributed by atoms with Crippen LogP contribution < -0.4 is 77.2 Å². The van der Waals surface area contributed by atoms with E-state index in [0.29, 0.717) is 17.1 Å². The monoisotopic (exact) mass is 1980 g/mol. The van der Waals surface area contributed by atoms with Crippen LogP contribution in [0.4, 0.5) is 29.7 Å². The number of nitrogens with zero attached hydrogens (tertiary/aromatic N) is 16. The molecular formula is C71H82N27O32P5. The van der Waals surface area contributed by atoms with Gasteiger partial charge in [0, 0.05) is 18.2 Å². The Bertz CT molecular complexity index is 7410. The SMILES string of the molecule is Cc1cn([C@H]2C[C@H](OP(=O)(O)OC[C@@H](Cn3cnc4c(=O)[nH]c(N)nc43)OP(=O)(O)OC[C@@H](Cn3cnc4c(=O)[nH]c(N)nc43)OP(=O)(O)OC[C@@H](Cn3cnc4c(=O)[nH]c(N)nc43)OP(=O)(O)OC[C@@H](Cn3cnc4c(=O)[nH]c(N)nc43)OP(=O)(O)OC[C@H](O)Cn3cnc4c(=O)[nH]c(N)nc43)[C@@H](COCc3ccc(OCc4ccccc4)c(OCc4ccccc4)c3)O2)c(=O)[nH]c1=O. The highest BCUT2D eigenvalue weighted by atomic mass is 31.2. The summed E-state index contributed by atoms with van der Waals surface area (Å²) in [5.74, 6) is -1.43. The Kier molecular flexibility index (Phi) is 29.2. The number of hydrogen-bond acceptors (Lipinski definition) is 42. The lowest BCUT2D eigenvalue weighted by Gasteiger charge is -2.26. The van der Waals surface area contributed by atoms with Gasteiger partial charge in [0.15, 0.2) is 67.3 Å². The predicted octanol–water partition coefficient (Wildman–Crippen LogP) is -0.0438. The van der Waals surface area contributed by atoms with Crippen molar-refractivity contribution < 1.29 is 117 Å². The average Bonchev–Trinajstić information content (AvgIpc) is 1.69. The van der Waals surface area contributed by atoms with Crippen molar-refractivity contribution in [2.75, 3.05) is 68.3 Å². The summed E-state index contributed by atoms with van der Waals surface area (Å²) in [5.41, 5.74) is 22.6. The van der Waals surface area contributed by atoms with E-state index in [1.54, 1.807) is 18.2 Å². The van der Waals surface area contributed by atoms with Crippen LogP contribution in [-0.2, 0) is 130 Å². The van der Waals surface area contributed by atoms with Crippen LogP contribution in [0, 0.1) is 6.92 Å². The minimum atomic E-state index is -5.92. The van der Waals surface area contributed by atoms with E-state index >= 15 is 0 Å². The van der Waals surface area contributed by atoms with E-state index in [-0.39, 0.29) is 81.6 Å². The number of aryl methyl sites for hydroxylation is 1. The molecule has 14 aromatic rings. The fraction of sp³-hybridized carbons (Fsp3) is 0.338. The predicted molar refractivity (Wildman–Crippen MR) is 464 cm³/mol. The molecule has 11 aromatic heterocycles. The molecule has 59 nitrogen and oxygen atoms in total. The lowest BCUT2D eigenvalue weighted by Crippen LogP contribution is -2.33. The Hall–Kier alpha value is -12.9. The van der Waals surface area contributed by atoms with Gasteiger partial charge < -0.3 is 100 Å². The number of nitrogens with one attached hydrogen (secondary N) is 6. The van der Waals surface area contributed by atoms with Gasteiger partial charge in [-0.1, -0.05) is 66.7 Å². The third-order valence-electron chi connectivity index (χ3n) is 19.7. The second-order valence-electron chi connectivity index (χ2n) is 29.8. The van der Waals surface area contributed by atoms with Gasteiger partial charge in [0.2, 0.25) is 29.7 Å². The van der Waals surface area contributed by atoms with Crippen LogP contribution in [-0.4, -0.2) is 219 Å². The molecule has 1 aliphatic heterocycles. The highest BCUT2D eigenvalue weighted by Crippen LogP contribution is 2.53. The summed E-state index contributed by atoms with van der Waals surface area (Å²) in [6, 6.07) is 23.8. The molecule has 0 radical (unpaired) electrons. The number of hydrogen-bond donors (Lipinski definition) is 17. The number of nitrogen functional groups attached to an aromatic ring is 5. The molecule has 0 saturated carbocycles. The van der Waals surface area contributed by atoms with Gasteiger partial charge in [0.25, 0.3) is 33.4 Å². The lowest BCUT2D eigenvalue weighted by molar-refractivity contribution is -0.0674. The maximum absolute atomic E-state index is 14.7. The number of benzene rings is 3. The van der Waals surface area contributed by atoms with Gasteiger partial charge >= 0.3 is 44.8 Å². The fourth-order valence-corrected chi connectivity index (χ4v) is 18.3. The quantitative estimate of drug-likeness (QED) is 0.0223. The molecule has 0 aliphatic carbocycles. The molecule has 13 atom stereocenters. The first-order chi connectivity index (χ1) is 64.2. The van der Waals surface area contributed by atoms with Gasteiger partial charge in [-0.05, 0) is 35.7 Å². The Morgan fingerprint density at radius 3 is 1.13 bits per heavy atom. The van der Waals surface area contributed by atoms with Crippen LogP contribution in [0.3, 0.4) is 0 Å². The van der Waals surface area contributed by atoms with Crippen molar-refractivity contribution in [2.24, 2.45) is 0 Å². The number of nitrogens with two attached hydrogens (primary N) is 5. The molecular weight excluding hydrogens is 1900 g/mol. The van der Waals surface area contributed by atoms with Crippen molar-refractivity contribution >= 4 is 125 Å². The number of aliphatic hydroxyl groups excluding tert-OH is 1. The topological polar surface area (TPSA) is 839 Å². The molecule has 1 saturated heterocycles. The summed E-state index contributed by atoms with van der Waals surface area (Å²) in [6.07, 6.45) is -8.45. The van der Waals surface area contributed by atoms with Gasteiger partial charge in [0.1, 0.15) is 56.1 Å². The molecule has 1 aliphatic rings. The van der Waals surface area contributed by atoms with E-state index in [1.165, 1.54) is 17.7 Å². The number of anilines is 5. The number of aromatic nitrogens is 22. The van der Waals surface area contributed by atoms with E-state index < -0.39 is 235 Å². The summed E-state index contributed by atoms with van der Waals surface area (Å²) in [6.45, 7) is -8.97. The first-order valence-corrected chi connectivity index (χ1v) is 47.2. The highest BCUT2D eigenvalue weighted by Gasteiger charge is 2.44. The Morgan fingerprint density at radius 2 is 0.763 bits per heavy atom. The van der Waals surface area contributed by atoms with Crippen LogP contribution in [0.15, 0.2) is 150 Å². The average molecular weight is 1980 g/mol. The second kappa shape index (κ2) is 40.7. The number of H-pyrrole nitrogens is 6. The maximum Gasteiger partial charge on any atom is 0.472 e. The normalized spacial score (nSPS) is 17.7. The van der Waals surface area contributed by atoms with Crippen LogP contribution in [0.5, 0.6) is 11.5 Å². The van der Waals surface area contributed by atoms with Crippen LogP contribution in [0.25, 0.3) is 55.8 Å². The van der Waals surface area contributed by atoms with Crippen molar-refractivity contribution in [3.05, 3.63) is 212 Å². The van der Waals surface area contributed by atoms with E-state index in [2.05, 4.69) is 79.7 Å². The second-order valence-corrected chi connectivity index (χ2v) is 36.8. The number of ether oxygens (including phenoxy) is 4. The first kappa shape index (κ1) is 96.7. The minimum absolute atomic E-state index is 0.0691. The van der Waals surface area contributed by atoms with E-state index in [0.717, 1.165) is 65.6 Å². The van der Waals surface area contributed by atoms with Crippen molar-refractivity contribution in [2.45, 2.75) is 115 Å². The molecule has 0 spiro atoms. The van der Waals surface area contributed by atoms with E-state index in [1.807, 2.05) is 60.7 Å². The number of rotatable bonds is 46. The summed E-state index contributed by atoms with van der Waals surface area (Å²) in [4.78, 5) is 202. The molecule has 0 amide bonds. The van der Waals surface area contributed by atoms with Crippen molar-refractivity contribution in [3.8, 4) is 11.5 Å². The summed E-state index contributed by atoms with van der Waals surface area (Å²) < 4.78 is 158. The van der Waals surface area contributed by atoms with Crippen molar-refractivity contribution in [1.29, 1.82) is 0 Å². The van der Waals surface area contributed by atoms with Gasteiger partial charge in [-0.25, -0.2) is 52.5 Å². The summed E-state index contributed by atoms with van der Waals surface area (Å²) >= 11 is 0. The zero-order valence-electron chi connectivity index (χ0n) is 69.8. The first-order valence-electron chi connectivity index (χ1n) is 39.7. The molecule has 22 N–H and O–H groups in total. The molecule has 12 heterocycles. The zero-order chi connectivity index (χ0) is 96.0. The lowest BCUT2D eigenvalue weighted by atomic mass is 10.2. The van der Waals surface area contributed by atoms with Crippen molar-refractivity contribution in [1.82, 2.24) is 107 Å². The van der Waals surface area contributed by atoms with E-state index in [4.69, 9.17) is 92.9 Å². The number of fused-ring (bicyclic) bond motifs is 5. The zero-order valence-corrected chi connectivity index (χ0v) is 74.2. The summed E-state index contributed by atoms with van der Waals surface area (Å²) in [5, 5.41) is 11.0. The summed E-state index contributed by atoms with van der Waals surface area (Å²) in [7, 11) is -28.7. The van der Waals surface area contributed by atoms with Gasteiger partial charge in [-0.2, -0.15) is 24.9 Å². The highest BCUT2D eigenvalue weighted by molar-refractivity contribution is 7.48. The third kappa shape index (κ3) is 24.6. The molecule has 3 aromatic carbocycles. The molecule has 5 unspecified atom stereocenters. The molecule has 1 fully saturated rings. The molecule has 135 heavy (non-hydrogen) atoms. The molecule has 718 valence electrons. The Balaban J connectivity index is 0.662. The van der Waals surface area contributed by atoms with Gasteiger partial charge in [-0.15, -0.1) is 0 Å². The standard InChI is InChI=1S/C71H82N27O32P5/c1-36-16-98(71(106)92-60(36)100)49-15-47(48(125-49)30-117-22-39-12-13-45(118-23-37-8-4-2-5-9-37)46(14-39)119-24-38-10-6-3-7-11-38)130-135(115,116)124-29-44(21-97-35-81-54-59(97)86-70(76)91-65(54)105)129-134(113,114)123-28-43(20-96-34-80-53-58(96)85-69(75)90-64(53)104)128-133(111,112)122-27-42(19-95-33-79-52-57(95)84-68(74)89-63(52)103)127-132(109,110)121-26-41(18-94-32-78-51-56(94)83-67(73)88-62(51)102)126-131(107,108)120-25-40(99)17-93-31-77-50-55(93)82-66(72)87-61(50)101/h2-14,16,31-35,40-44,47-49,99H,15,17-30H2,1H3,(H,107,108)(H,109,110)(H,111,112)(H,113,114)(H,115,116)(H,92,100,106)(H3,72,82,87,101)(H3,73,83,88,102)(H3,74,84,89,103)(H3,75,85,90,104)(H3,76,86,91,105)/t40-,41-,42-,43-,44-,47+,48-,49-/m1/s1. The molecule has 0 bridgehead atoms. The Morgan fingerprint density at radius 1 is 0.422 bits per heavy atom. The molecule has 15 rings (SSSR count). The molecule has 64 heteroatoms. The van der Waals surface area contributed by atoms with Gasteiger partial charge in [-0.3, -0.25) is 108 Å². The smallest absolute Gasteiger partial charge is 0.472 e. The van der Waals surface area contributed by atoms with Crippen molar-refractivity contribution in [3.63, 3.8) is 0 Å². The number of phosphoric acid groups is 5. The number of aromatic amines is 6. The minimum Gasteiger partial charge on any atom is -0.485 e. The Labute approximate surface area is 751 Å². The maximum atomic E-state index is 14.7. The van der Waals surface area contributed by atoms with Gasteiger partial charge in [0.05, 0.1) is 117 Å². The number of aliphatic hydroxyl groups is 1.